The molecule has 0 amide bonds. The first-order chi connectivity index (χ1) is 14.7. The van der Waals surface area contributed by atoms with Gasteiger partial charge in [0.05, 0.1) is 0 Å². The van der Waals surface area contributed by atoms with Crippen molar-refractivity contribution in [3.8, 4) is 0 Å². The van der Waals surface area contributed by atoms with E-state index in [1.165, 1.54) is 16.3 Å². The van der Waals surface area contributed by atoms with Crippen molar-refractivity contribution in [2.75, 3.05) is 39.3 Å². The number of rotatable bonds is 17. The fraction of sp³-hybridized carbons (Fsp3) is 0.231. The fourth-order valence-corrected chi connectivity index (χ4v) is 5.39. The highest BCUT2D eigenvalue weighted by molar-refractivity contribution is 6.60. The second-order valence-corrected chi connectivity index (χ2v) is 8.72. The zero-order chi connectivity index (χ0) is 22.2. The molecule has 0 aliphatic carbocycles. The van der Waals surface area contributed by atoms with Crippen LogP contribution in [0.5, 0.6) is 0 Å². The third-order valence-electron chi connectivity index (χ3n) is 4.55. The van der Waals surface area contributed by atoms with Gasteiger partial charge in [-0.3, -0.25) is 0 Å². The van der Waals surface area contributed by atoms with E-state index in [-0.39, 0.29) is 0 Å². The molecule has 0 saturated carbocycles. The van der Waals surface area contributed by atoms with Gasteiger partial charge in [-0.25, -0.2) is 0 Å². The molecule has 0 radical (unpaired) electrons. The van der Waals surface area contributed by atoms with Crippen molar-refractivity contribution in [2.24, 2.45) is 0 Å². The molecule has 30 heavy (non-hydrogen) atoms. The van der Waals surface area contributed by atoms with Crippen LogP contribution in [0.3, 0.4) is 0 Å². The van der Waals surface area contributed by atoms with Crippen LogP contribution in [-0.2, 0) is 0 Å². The molecule has 0 saturated heterocycles. The molecular weight excluding hydrogens is 382 g/mol. The van der Waals surface area contributed by atoms with Crippen LogP contribution in [0.2, 0.25) is 0 Å². The summed E-state index contributed by atoms with van der Waals surface area (Å²) in [4.78, 5) is 7.04. The van der Waals surface area contributed by atoms with E-state index in [4.69, 9.17) is 0 Å². The molecule has 1 aromatic carbocycles. The maximum absolute atomic E-state index is 3.99. The zero-order valence-corrected chi connectivity index (χ0v) is 19.8. The summed E-state index contributed by atoms with van der Waals surface area (Å²) in [6.07, 6.45) is 11.7. The predicted molar refractivity (Wildman–Crippen MR) is 138 cm³/mol. The summed E-state index contributed by atoms with van der Waals surface area (Å²) in [6, 6.07) is 10.7. The third kappa shape index (κ3) is 7.80. The molecule has 4 heteroatoms. The molecule has 1 rings (SSSR count). The van der Waals surface area contributed by atoms with Crippen molar-refractivity contribution in [1.82, 2.24) is 14.7 Å². The van der Waals surface area contributed by atoms with Gasteiger partial charge >= 0.3 is 0 Å². The van der Waals surface area contributed by atoms with Gasteiger partial charge < -0.3 is 14.7 Å². The molecule has 0 atom stereocenters. The van der Waals surface area contributed by atoms with Gasteiger partial charge in [0.2, 0.25) is 0 Å². The van der Waals surface area contributed by atoms with Gasteiger partial charge in [-0.15, -0.1) is 39.5 Å². The van der Waals surface area contributed by atoms with E-state index in [1.54, 1.807) is 0 Å². The lowest BCUT2D eigenvalue weighted by Crippen LogP contribution is -2.43. The summed E-state index contributed by atoms with van der Waals surface area (Å²) in [6.45, 7) is 28.4. The Kier molecular flexibility index (Phi) is 12.5. The molecule has 0 spiro atoms. The monoisotopic (exact) mass is 419 g/mol. The van der Waals surface area contributed by atoms with E-state index >= 15 is 0 Å². The fourth-order valence-electron chi connectivity index (χ4n) is 3.41. The molecule has 3 nitrogen and oxygen atoms in total. The van der Waals surface area contributed by atoms with Crippen molar-refractivity contribution < 1.29 is 0 Å². The van der Waals surface area contributed by atoms with Crippen molar-refractivity contribution in [1.29, 1.82) is 0 Å². The maximum atomic E-state index is 3.99. The molecule has 0 fully saturated rings. The van der Waals surface area contributed by atoms with E-state index < -0.39 is 9.52 Å². The number of hydrogen-bond donors (Lipinski definition) is 0. The Hall–Kier alpha value is -2.98. The van der Waals surface area contributed by atoms with Crippen molar-refractivity contribution in [2.45, 2.75) is 0 Å². The first-order valence-electron chi connectivity index (χ1n) is 10.3. The lowest BCUT2D eigenvalue weighted by molar-refractivity contribution is 0.248. The summed E-state index contributed by atoms with van der Waals surface area (Å²) in [5, 5.41) is 2.73. The van der Waals surface area contributed by atoms with Crippen LogP contribution in [0.1, 0.15) is 0 Å². The minimum atomic E-state index is -0.797. The van der Waals surface area contributed by atoms with Crippen molar-refractivity contribution in [3.05, 3.63) is 117 Å². The highest BCUT2D eigenvalue weighted by Crippen LogP contribution is 2.20. The molecule has 0 aliphatic heterocycles. The van der Waals surface area contributed by atoms with Crippen LogP contribution in [0, 0.1) is 0 Å². The van der Waals surface area contributed by atoms with Crippen LogP contribution >= 0.6 is 0 Å². The second kappa shape index (κ2) is 14.9. The van der Waals surface area contributed by atoms with Crippen LogP contribution < -0.4 is 5.19 Å². The lowest BCUT2D eigenvalue weighted by Gasteiger charge is -2.39. The SMILES string of the molecule is C=CCN(CC=C)C([SiH2]c1ccccc1)=C(N(CC=C)CC=C)N(CC=C)CC=C. The van der Waals surface area contributed by atoms with Crippen LogP contribution in [-0.4, -0.2) is 63.5 Å². The number of nitrogens with zero attached hydrogens (tertiary/aromatic N) is 3. The second-order valence-electron chi connectivity index (χ2n) is 6.88. The smallest absolute Gasteiger partial charge is 0.120 e. The highest BCUT2D eigenvalue weighted by Gasteiger charge is 2.23. The van der Waals surface area contributed by atoms with Gasteiger partial charge in [0, 0.05) is 44.6 Å². The number of hydrogen-bond acceptors (Lipinski definition) is 3. The van der Waals surface area contributed by atoms with Crippen LogP contribution in [0.4, 0.5) is 0 Å². The normalized spacial score (nSPS) is 10.1. The Morgan fingerprint density at radius 1 is 0.600 bits per heavy atom. The average molecular weight is 420 g/mol. The Morgan fingerprint density at radius 2 is 0.967 bits per heavy atom. The van der Waals surface area contributed by atoms with Crippen molar-refractivity contribution in [3.63, 3.8) is 0 Å². The van der Waals surface area contributed by atoms with Gasteiger partial charge in [-0.05, 0) is 0 Å². The minimum Gasteiger partial charge on any atom is -0.368 e. The van der Waals surface area contributed by atoms with Crippen molar-refractivity contribution >= 4 is 14.7 Å². The molecule has 0 N–H and O–H groups in total. The van der Waals surface area contributed by atoms with Gasteiger partial charge in [-0.1, -0.05) is 72.0 Å². The first-order valence-corrected chi connectivity index (χ1v) is 11.7. The Balaban J connectivity index is 3.77. The predicted octanol–water partition coefficient (Wildman–Crippen LogP) is 3.63. The topological polar surface area (TPSA) is 9.72 Å². The van der Waals surface area contributed by atoms with Crippen LogP contribution in [0.15, 0.2) is 117 Å². The minimum absolute atomic E-state index is 0.731. The molecule has 0 aromatic heterocycles. The standard InChI is InChI=1S/C26H37N3Si/c1-7-18-27(19-8-2)25(28(20-9-3)21-10-4)26(29(22-11-5)23-12-6)30-24-16-14-13-15-17-24/h7-17H,1-6,18-23,30H2. The Labute approximate surface area is 186 Å². The summed E-state index contributed by atoms with van der Waals surface area (Å²) in [7, 11) is -0.797. The van der Waals surface area contributed by atoms with E-state index in [0.717, 1.165) is 39.3 Å². The van der Waals surface area contributed by atoms with Gasteiger partial charge in [0.1, 0.15) is 15.3 Å². The van der Waals surface area contributed by atoms with E-state index in [9.17, 15) is 0 Å². The van der Waals surface area contributed by atoms with E-state index in [1.807, 2.05) is 36.5 Å². The van der Waals surface area contributed by atoms with E-state index in [0.29, 0.717) is 0 Å². The molecule has 0 bridgehead atoms. The summed E-state index contributed by atoms with van der Waals surface area (Å²) in [5.41, 5.74) is 0. The molecule has 1 aromatic rings. The van der Waals surface area contributed by atoms with E-state index in [2.05, 4.69) is 84.5 Å². The average Bonchev–Trinajstić information content (AvgIpc) is 2.74. The molecule has 0 unspecified atom stereocenters. The quantitative estimate of drug-likeness (QED) is 0.282. The summed E-state index contributed by atoms with van der Waals surface area (Å²) >= 11 is 0. The summed E-state index contributed by atoms with van der Waals surface area (Å²) in [5.74, 6) is 1.19. The zero-order valence-electron chi connectivity index (χ0n) is 18.4. The highest BCUT2D eigenvalue weighted by atomic mass is 28.2. The molecule has 0 aliphatic rings. The third-order valence-corrected chi connectivity index (χ3v) is 6.53. The molecule has 160 valence electrons. The van der Waals surface area contributed by atoms with Crippen LogP contribution in [0.25, 0.3) is 0 Å². The molecular formula is C26H37N3Si. The number of benzene rings is 1. The van der Waals surface area contributed by atoms with Gasteiger partial charge in [-0.2, -0.15) is 0 Å². The maximum Gasteiger partial charge on any atom is 0.120 e. The lowest BCUT2D eigenvalue weighted by atomic mass is 10.3. The molecule has 0 heterocycles. The van der Waals surface area contributed by atoms with Gasteiger partial charge in [0.15, 0.2) is 0 Å². The Bertz CT molecular complexity index is 680. The Morgan fingerprint density at radius 3 is 1.33 bits per heavy atom. The van der Waals surface area contributed by atoms with Gasteiger partial charge in [0.25, 0.3) is 0 Å². The largest absolute Gasteiger partial charge is 0.368 e. The summed E-state index contributed by atoms with van der Waals surface area (Å²) < 4.78 is 0. The first kappa shape index (κ1) is 25.1.